The van der Waals surface area contributed by atoms with Crippen molar-refractivity contribution < 1.29 is 4.79 Å². The molecule has 0 aliphatic rings. The maximum Gasteiger partial charge on any atom is 0.274 e. The van der Waals surface area contributed by atoms with E-state index in [9.17, 15) is 4.79 Å². The van der Waals surface area contributed by atoms with Gasteiger partial charge < -0.3 is 4.57 Å². The Balaban J connectivity index is 2.14. The first-order valence-electron chi connectivity index (χ1n) is 4.21. The van der Waals surface area contributed by atoms with Gasteiger partial charge in [0.1, 0.15) is 5.69 Å². The van der Waals surface area contributed by atoms with Gasteiger partial charge in [-0.2, -0.15) is 0 Å². The molecule has 0 radical (unpaired) electrons. The fourth-order valence-corrected chi connectivity index (χ4v) is 2.27. The van der Waals surface area contributed by atoms with E-state index in [0.29, 0.717) is 10.8 Å². The summed E-state index contributed by atoms with van der Waals surface area (Å²) in [6, 6.07) is 3.59. The Hall–Kier alpha value is -1.14. The average Bonchev–Trinajstić information content (AvgIpc) is 2.75. The molecular formula is C9H8BrN3OS. The van der Waals surface area contributed by atoms with Gasteiger partial charge in [-0.15, -0.1) is 0 Å². The van der Waals surface area contributed by atoms with Crippen LogP contribution in [0.4, 0.5) is 5.13 Å². The third-order valence-corrected chi connectivity index (χ3v) is 3.27. The zero-order valence-corrected chi connectivity index (χ0v) is 10.3. The highest BCUT2D eigenvalue weighted by atomic mass is 79.9. The zero-order chi connectivity index (χ0) is 10.8. The van der Waals surface area contributed by atoms with Crippen LogP contribution in [0.25, 0.3) is 0 Å². The van der Waals surface area contributed by atoms with Crippen LogP contribution in [-0.4, -0.2) is 15.5 Å². The highest BCUT2D eigenvalue weighted by Gasteiger charge is 2.10. The lowest BCUT2D eigenvalue weighted by Crippen LogP contribution is -2.14. The van der Waals surface area contributed by atoms with Gasteiger partial charge in [-0.05, 0) is 28.1 Å². The van der Waals surface area contributed by atoms with Gasteiger partial charge in [0.05, 0.1) is 9.98 Å². The van der Waals surface area contributed by atoms with Crippen LogP contribution in [0.15, 0.2) is 28.3 Å². The summed E-state index contributed by atoms with van der Waals surface area (Å²) in [5.74, 6) is -0.149. The van der Waals surface area contributed by atoms with Gasteiger partial charge in [-0.1, -0.05) is 11.3 Å². The maximum atomic E-state index is 11.7. The summed E-state index contributed by atoms with van der Waals surface area (Å²) in [6.07, 6.45) is 3.48. The lowest BCUT2D eigenvalue weighted by atomic mass is 10.4. The molecule has 2 heterocycles. The van der Waals surface area contributed by atoms with E-state index in [0.717, 1.165) is 3.79 Å². The third kappa shape index (κ3) is 2.27. The summed E-state index contributed by atoms with van der Waals surface area (Å²) in [4.78, 5) is 15.8. The molecule has 1 amide bonds. The SMILES string of the molecule is Cn1cccc1C(=O)Nc1ncc(Br)s1. The third-order valence-electron chi connectivity index (χ3n) is 1.87. The van der Waals surface area contributed by atoms with Crippen molar-refractivity contribution in [2.24, 2.45) is 7.05 Å². The Morgan fingerprint density at radius 1 is 1.67 bits per heavy atom. The Morgan fingerprint density at radius 3 is 3.00 bits per heavy atom. The van der Waals surface area contributed by atoms with E-state index in [2.05, 4.69) is 26.2 Å². The normalized spacial score (nSPS) is 10.3. The number of anilines is 1. The summed E-state index contributed by atoms with van der Waals surface area (Å²) in [5.41, 5.74) is 0.612. The minimum absolute atomic E-state index is 0.149. The first-order chi connectivity index (χ1) is 7.16. The smallest absolute Gasteiger partial charge is 0.274 e. The average molecular weight is 286 g/mol. The highest BCUT2D eigenvalue weighted by Crippen LogP contribution is 2.23. The molecule has 6 heteroatoms. The van der Waals surface area contributed by atoms with Crippen molar-refractivity contribution in [3.63, 3.8) is 0 Å². The molecule has 0 atom stereocenters. The highest BCUT2D eigenvalue weighted by molar-refractivity contribution is 9.11. The molecule has 0 aliphatic carbocycles. The van der Waals surface area contributed by atoms with Crippen molar-refractivity contribution in [2.45, 2.75) is 0 Å². The molecule has 0 fully saturated rings. The number of hydrogen-bond donors (Lipinski definition) is 1. The summed E-state index contributed by atoms with van der Waals surface area (Å²) in [5, 5.41) is 3.31. The Kier molecular flexibility index (Phi) is 2.88. The van der Waals surface area contributed by atoms with Crippen molar-refractivity contribution in [1.29, 1.82) is 0 Å². The summed E-state index contributed by atoms with van der Waals surface area (Å²) < 4.78 is 2.66. The molecule has 0 saturated heterocycles. The second kappa shape index (κ2) is 4.16. The summed E-state index contributed by atoms with van der Waals surface area (Å²) in [6.45, 7) is 0. The van der Waals surface area contributed by atoms with Crippen molar-refractivity contribution in [3.8, 4) is 0 Å². The summed E-state index contributed by atoms with van der Waals surface area (Å²) >= 11 is 4.67. The lowest BCUT2D eigenvalue weighted by molar-refractivity contribution is 0.101. The number of rotatable bonds is 2. The molecule has 2 aromatic rings. The zero-order valence-electron chi connectivity index (χ0n) is 7.90. The van der Waals surface area contributed by atoms with Crippen molar-refractivity contribution >= 4 is 38.3 Å². The second-order valence-electron chi connectivity index (χ2n) is 2.93. The van der Waals surface area contributed by atoms with E-state index in [1.54, 1.807) is 16.8 Å². The van der Waals surface area contributed by atoms with Gasteiger partial charge in [0.15, 0.2) is 5.13 Å². The molecular weight excluding hydrogens is 278 g/mol. The predicted molar refractivity (Wildman–Crippen MR) is 63.2 cm³/mol. The molecule has 2 rings (SSSR count). The molecule has 4 nitrogen and oxygen atoms in total. The molecule has 0 spiro atoms. The van der Waals surface area contributed by atoms with Crippen LogP contribution >= 0.6 is 27.3 Å². The van der Waals surface area contributed by atoms with E-state index in [1.165, 1.54) is 11.3 Å². The van der Waals surface area contributed by atoms with Crippen molar-refractivity contribution in [2.75, 3.05) is 5.32 Å². The Morgan fingerprint density at radius 2 is 2.47 bits per heavy atom. The number of nitrogens with zero attached hydrogens (tertiary/aromatic N) is 2. The fourth-order valence-electron chi connectivity index (χ4n) is 1.17. The van der Waals surface area contributed by atoms with Crippen LogP contribution in [0, 0.1) is 0 Å². The number of amides is 1. The number of hydrogen-bond acceptors (Lipinski definition) is 3. The van der Waals surface area contributed by atoms with Gasteiger partial charge in [0.2, 0.25) is 0 Å². The van der Waals surface area contributed by atoms with Gasteiger partial charge in [0.25, 0.3) is 5.91 Å². The Bertz CT molecular complexity index is 491. The number of halogens is 1. The van der Waals surface area contributed by atoms with E-state index in [1.807, 2.05) is 19.3 Å². The lowest BCUT2D eigenvalue weighted by Gasteiger charge is -2.02. The minimum atomic E-state index is -0.149. The quantitative estimate of drug-likeness (QED) is 0.922. The number of nitrogens with one attached hydrogen (secondary N) is 1. The number of carbonyl (C=O) groups is 1. The van der Waals surface area contributed by atoms with E-state index >= 15 is 0 Å². The van der Waals surface area contributed by atoms with Crippen LogP contribution < -0.4 is 5.32 Å². The molecule has 2 aromatic heterocycles. The second-order valence-corrected chi connectivity index (χ2v) is 5.34. The molecule has 0 unspecified atom stereocenters. The number of aryl methyl sites for hydroxylation is 1. The molecule has 1 N–H and O–H groups in total. The van der Waals surface area contributed by atoms with E-state index in [-0.39, 0.29) is 5.91 Å². The van der Waals surface area contributed by atoms with E-state index < -0.39 is 0 Å². The number of carbonyl (C=O) groups excluding carboxylic acids is 1. The number of thiazole rings is 1. The predicted octanol–water partition coefficient (Wildman–Crippen LogP) is 2.50. The molecule has 15 heavy (non-hydrogen) atoms. The monoisotopic (exact) mass is 285 g/mol. The van der Waals surface area contributed by atoms with Crippen molar-refractivity contribution in [1.82, 2.24) is 9.55 Å². The van der Waals surface area contributed by atoms with Crippen LogP contribution in [0.3, 0.4) is 0 Å². The van der Waals surface area contributed by atoms with Crippen LogP contribution in [0.5, 0.6) is 0 Å². The van der Waals surface area contributed by atoms with E-state index in [4.69, 9.17) is 0 Å². The minimum Gasteiger partial charge on any atom is -0.347 e. The molecule has 0 aromatic carbocycles. The molecule has 78 valence electrons. The van der Waals surface area contributed by atoms with Gasteiger partial charge in [-0.3, -0.25) is 10.1 Å². The van der Waals surface area contributed by atoms with Crippen LogP contribution in [0.1, 0.15) is 10.5 Å². The molecule has 0 saturated carbocycles. The fraction of sp³-hybridized carbons (Fsp3) is 0.111. The first kappa shape index (κ1) is 10.4. The van der Waals surface area contributed by atoms with Gasteiger partial charge in [-0.25, -0.2) is 4.98 Å². The molecule has 0 bridgehead atoms. The largest absolute Gasteiger partial charge is 0.347 e. The maximum absolute atomic E-state index is 11.7. The standard InChI is InChI=1S/C9H8BrN3OS/c1-13-4-2-3-6(13)8(14)12-9-11-5-7(10)15-9/h2-5H,1H3,(H,11,12,14). The topological polar surface area (TPSA) is 46.9 Å². The van der Waals surface area contributed by atoms with Crippen LogP contribution in [-0.2, 0) is 7.05 Å². The first-order valence-corrected chi connectivity index (χ1v) is 5.82. The molecule has 0 aliphatic heterocycles. The van der Waals surface area contributed by atoms with Gasteiger partial charge in [0, 0.05) is 13.2 Å². The summed E-state index contributed by atoms with van der Waals surface area (Å²) in [7, 11) is 1.83. The van der Waals surface area contributed by atoms with Crippen molar-refractivity contribution in [3.05, 3.63) is 34.0 Å². The van der Waals surface area contributed by atoms with Gasteiger partial charge >= 0.3 is 0 Å². The van der Waals surface area contributed by atoms with Crippen LogP contribution in [0.2, 0.25) is 0 Å². The Labute approximate surface area is 99.1 Å². The number of aromatic nitrogens is 2.